The number of ether oxygens (including phenoxy) is 2. The number of aliphatic carboxylic acids is 2. The Morgan fingerprint density at radius 3 is 2.05 bits per heavy atom. The number of carbonyl (C=O) groups is 2. The number of methoxy groups -OCH3 is 1. The van der Waals surface area contributed by atoms with Crippen LogP contribution in [0.5, 0.6) is 5.75 Å². The molecule has 7 heteroatoms. The first-order valence-corrected chi connectivity index (χ1v) is 12.2. The van der Waals surface area contributed by atoms with E-state index in [1.165, 1.54) is 29.5 Å². The van der Waals surface area contributed by atoms with E-state index in [0.29, 0.717) is 24.8 Å². The Kier molecular flexibility index (Phi) is 10.9. The van der Waals surface area contributed by atoms with Crippen LogP contribution in [0.15, 0.2) is 97.1 Å². The Labute approximate surface area is 217 Å². The lowest BCUT2D eigenvalue weighted by molar-refractivity contribution is -0.134. The summed E-state index contributed by atoms with van der Waals surface area (Å²) in [5.41, 5.74) is 3.73. The van der Waals surface area contributed by atoms with Crippen molar-refractivity contribution in [3.05, 3.63) is 114 Å². The molecule has 0 amide bonds. The molecular weight excluding hydrogens is 470 g/mol. The Bertz CT molecular complexity index is 1090. The van der Waals surface area contributed by atoms with E-state index < -0.39 is 11.9 Å². The molecule has 2 N–H and O–H groups in total. The molecule has 1 fully saturated rings. The Morgan fingerprint density at radius 2 is 1.51 bits per heavy atom. The van der Waals surface area contributed by atoms with E-state index >= 15 is 0 Å². The van der Waals surface area contributed by atoms with Crippen LogP contribution in [0.2, 0.25) is 0 Å². The molecule has 37 heavy (non-hydrogen) atoms. The standard InChI is InChI=1S/C26H29NO2.C4H4O4/c1-28-24-15-8-14-23(20-24)25-16-9-17-27(25)18-19-29-26(21-10-4-2-5-11-21)22-12-6-3-7-13-22;5-3(6)1-2-4(7)8/h2-8,10-15,20,25-26H,9,16-19H2,1H3;1-2H,(H,5,6)(H,7,8). The highest BCUT2D eigenvalue weighted by Gasteiger charge is 2.26. The molecule has 3 aromatic carbocycles. The summed E-state index contributed by atoms with van der Waals surface area (Å²) < 4.78 is 11.9. The fourth-order valence-corrected chi connectivity index (χ4v) is 4.39. The molecule has 3 aromatic rings. The first-order valence-electron chi connectivity index (χ1n) is 12.2. The van der Waals surface area contributed by atoms with Gasteiger partial charge in [0.25, 0.3) is 0 Å². The molecule has 0 saturated carbocycles. The van der Waals surface area contributed by atoms with Crippen molar-refractivity contribution in [2.75, 3.05) is 26.8 Å². The molecule has 1 saturated heterocycles. The molecule has 4 rings (SSSR count). The number of rotatable bonds is 10. The maximum atomic E-state index is 9.55. The topological polar surface area (TPSA) is 96.3 Å². The van der Waals surface area contributed by atoms with E-state index in [0.717, 1.165) is 18.8 Å². The quantitative estimate of drug-likeness (QED) is 0.360. The van der Waals surface area contributed by atoms with Crippen LogP contribution >= 0.6 is 0 Å². The van der Waals surface area contributed by atoms with Gasteiger partial charge in [0, 0.05) is 24.7 Å². The van der Waals surface area contributed by atoms with Crippen LogP contribution in [0.25, 0.3) is 0 Å². The third-order valence-electron chi connectivity index (χ3n) is 6.08. The van der Waals surface area contributed by atoms with Crippen LogP contribution < -0.4 is 4.74 Å². The van der Waals surface area contributed by atoms with Gasteiger partial charge in [-0.2, -0.15) is 0 Å². The van der Waals surface area contributed by atoms with Crippen molar-refractivity contribution in [1.29, 1.82) is 0 Å². The van der Waals surface area contributed by atoms with Crippen LogP contribution in [0.3, 0.4) is 0 Å². The number of benzene rings is 3. The molecule has 0 bridgehead atoms. The fraction of sp³-hybridized carbons (Fsp3) is 0.267. The summed E-state index contributed by atoms with van der Waals surface area (Å²) in [4.78, 5) is 21.7. The fourth-order valence-electron chi connectivity index (χ4n) is 4.39. The minimum absolute atomic E-state index is 0.0322. The van der Waals surface area contributed by atoms with E-state index in [9.17, 15) is 9.59 Å². The predicted molar refractivity (Wildman–Crippen MR) is 142 cm³/mol. The van der Waals surface area contributed by atoms with Crippen molar-refractivity contribution in [1.82, 2.24) is 4.90 Å². The Balaban J connectivity index is 0.000000414. The van der Waals surface area contributed by atoms with Gasteiger partial charge in [0.15, 0.2) is 0 Å². The first kappa shape index (κ1) is 27.6. The van der Waals surface area contributed by atoms with Crippen LogP contribution in [0.1, 0.15) is 41.7 Å². The molecule has 0 aliphatic carbocycles. The average Bonchev–Trinajstić information content (AvgIpc) is 3.40. The molecule has 0 radical (unpaired) electrons. The van der Waals surface area contributed by atoms with E-state index in [1.54, 1.807) is 7.11 Å². The maximum absolute atomic E-state index is 9.55. The summed E-state index contributed by atoms with van der Waals surface area (Å²) in [6.45, 7) is 2.75. The second kappa shape index (κ2) is 14.6. The normalized spacial score (nSPS) is 15.4. The van der Waals surface area contributed by atoms with Gasteiger partial charge in [0.1, 0.15) is 11.9 Å². The van der Waals surface area contributed by atoms with Crippen molar-refractivity contribution < 1.29 is 29.3 Å². The lowest BCUT2D eigenvalue weighted by atomic mass is 10.0. The zero-order chi connectivity index (χ0) is 26.5. The van der Waals surface area contributed by atoms with Gasteiger partial charge in [-0.15, -0.1) is 0 Å². The highest BCUT2D eigenvalue weighted by atomic mass is 16.5. The number of hydrogen-bond donors (Lipinski definition) is 2. The number of hydrogen-bond acceptors (Lipinski definition) is 5. The third-order valence-corrected chi connectivity index (χ3v) is 6.08. The average molecular weight is 504 g/mol. The third kappa shape index (κ3) is 8.90. The summed E-state index contributed by atoms with van der Waals surface area (Å²) >= 11 is 0. The predicted octanol–water partition coefficient (Wildman–Crippen LogP) is 5.35. The Morgan fingerprint density at radius 1 is 0.919 bits per heavy atom. The van der Waals surface area contributed by atoms with Crippen molar-refractivity contribution in [3.8, 4) is 5.75 Å². The summed E-state index contributed by atoms with van der Waals surface area (Å²) in [7, 11) is 1.73. The van der Waals surface area contributed by atoms with E-state index in [-0.39, 0.29) is 6.10 Å². The molecule has 7 nitrogen and oxygen atoms in total. The van der Waals surface area contributed by atoms with E-state index in [2.05, 4.69) is 83.8 Å². The molecule has 1 atom stereocenters. The minimum atomic E-state index is -1.26. The van der Waals surface area contributed by atoms with Crippen molar-refractivity contribution in [3.63, 3.8) is 0 Å². The SMILES string of the molecule is COc1cccc(C2CCCN2CCOC(c2ccccc2)c2ccccc2)c1.O=C(O)C=CC(=O)O. The first-order chi connectivity index (χ1) is 18.0. The Hall–Kier alpha value is -3.94. The van der Waals surface area contributed by atoms with Gasteiger partial charge < -0.3 is 19.7 Å². The lowest BCUT2D eigenvalue weighted by Crippen LogP contribution is -2.28. The molecule has 194 valence electrons. The molecule has 0 spiro atoms. The van der Waals surface area contributed by atoms with Gasteiger partial charge in [0.2, 0.25) is 0 Å². The molecular formula is C30H33NO6. The van der Waals surface area contributed by atoms with Gasteiger partial charge in [-0.05, 0) is 48.2 Å². The van der Waals surface area contributed by atoms with Crippen LogP contribution in [-0.2, 0) is 14.3 Å². The van der Waals surface area contributed by atoms with Crippen LogP contribution in [0, 0.1) is 0 Å². The summed E-state index contributed by atoms with van der Waals surface area (Å²) in [5, 5.41) is 15.6. The van der Waals surface area contributed by atoms with E-state index in [4.69, 9.17) is 19.7 Å². The summed E-state index contributed by atoms with van der Waals surface area (Å²) in [6.07, 6.45) is 3.50. The van der Waals surface area contributed by atoms with Gasteiger partial charge in [-0.25, -0.2) is 9.59 Å². The number of carboxylic acids is 2. The highest BCUT2D eigenvalue weighted by Crippen LogP contribution is 2.33. The van der Waals surface area contributed by atoms with Crippen LogP contribution in [-0.4, -0.2) is 53.9 Å². The van der Waals surface area contributed by atoms with E-state index in [1.807, 2.05) is 6.07 Å². The summed E-state index contributed by atoms with van der Waals surface area (Å²) in [5.74, 6) is -1.58. The number of carboxylic acid groups (broad SMARTS) is 2. The molecule has 1 aliphatic rings. The van der Waals surface area contributed by atoms with Gasteiger partial charge in [0.05, 0.1) is 13.7 Å². The maximum Gasteiger partial charge on any atom is 0.328 e. The largest absolute Gasteiger partial charge is 0.497 e. The second-order valence-electron chi connectivity index (χ2n) is 8.55. The second-order valence-corrected chi connectivity index (χ2v) is 8.55. The zero-order valence-electron chi connectivity index (χ0n) is 20.9. The molecule has 1 heterocycles. The van der Waals surface area contributed by atoms with Crippen LogP contribution in [0.4, 0.5) is 0 Å². The van der Waals surface area contributed by atoms with Gasteiger partial charge in [-0.3, -0.25) is 4.90 Å². The lowest BCUT2D eigenvalue weighted by Gasteiger charge is -2.26. The minimum Gasteiger partial charge on any atom is -0.497 e. The van der Waals surface area contributed by atoms with Gasteiger partial charge >= 0.3 is 11.9 Å². The molecule has 1 unspecified atom stereocenters. The number of nitrogens with zero attached hydrogens (tertiary/aromatic N) is 1. The van der Waals surface area contributed by atoms with Crippen molar-refractivity contribution in [2.24, 2.45) is 0 Å². The molecule has 0 aromatic heterocycles. The summed E-state index contributed by atoms with van der Waals surface area (Å²) in [6, 6.07) is 29.9. The smallest absolute Gasteiger partial charge is 0.328 e. The monoisotopic (exact) mass is 503 g/mol. The van der Waals surface area contributed by atoms with Crippen molar-refractivity contribution in [2.45, 2.75) is 25.0 Å². The number of likely N-dealkylation sites (tertiary alicyclic amines) is 1. The van der Waals surface area contributed by atoms with Crippen molar-refractivity contribution >= 4 is 11.9 Å². The highest BCUT2D eigenvalue weighted by molar-refractivity contribution is 5.89. The zero-order valence-corrected chi connectivity index (χ0v) is 20.9. The van der Waals surface area contributed by atoms with Gasteiger partial charge in [-0.1, -0.05) is 72.8 Å². The molecule has 1 aliphatic heterocycles.